The Labute approximate surface area is 202 Å². The van der Waals surface area contributed by atoms with Gasteiger partial charge in [0, 0.05) is 17.3 Å². The van der Waals surface area contributed by atoms with Gasteiger partial charge in [-0.2, -0.15) is 0 Å². The summed E-state index contributed by atoms with van der Waals surface area (Å²) in [5.41, 5.74) is 2.10. The number of para-hydroxylation sites is 1. The van der Waals surface area contributed by atoms with Crippen LogP contribution in [0.1, 0.15) is 12.0 Å². The maximum atomic E-state index is 13.4. The fourth-order valence-corrected chi connectivity index (χ4v) is 4.28. The number of nitrogens with zero attached hydrogens (tertiary/aromatic N) is 2. The summed E-state index contributed by atoms with van der Waals surface area (Å²) in [6, 6.07) is 22.8. The lowest BCUT2D eigenvalue weighted by atomic mass is 10.1. The van der Waals surface area contributed by atoms with Crippen molar-refractivity contribution < 1.29 is 14.3 Å². The van der Waals surface area contributed by atoms with E-state index in [9.17, 15) is 9.59 Å². The molecule has 0 spiro atoms. The van der Waals surface area contributed by atoms with E-state index < -0.39 is 6.04 Å². The summed E-state index contributed by atoms with van der Waals surface area (Å²) in [7, 11) is 1.58. The predicted octanol–water partition coefficient (Wildman–Crippen LogP) is 4.88. The third kappa shape index (κ3) is 4.99. The van der Waals surface area contributed by atoms with Crippen LogP contribution in [0.5, 0.6) is 5.75 Å². The van der Waals surface area contributed by atoms with Crippen LogP contribution >= 0.6 is 23.8 Å². The van der Waals surface area contributed by atoms with Crippen molar-refractivity contribution in [3.63, 3.8) is 0 Å². The van der Waals surface area contributed by atoms with Crippen molar-refractivity contribution in [2.24, 2.45) is 0 Å². The molecule has 0 saturated carbocycles. The second-order valence-corrected chi connectivity index (χ2v) is 8.28. The Morgan fingerprint density at radius 1 is 1.03 bits per heavy atom. The molecule has 3 aromatic carbocycles. The molecule has 1 aliphatic heterocycles. The number of rotatable bonds is 7. The van der Waals surface area contributed by atoms with E-state index in [0.29, 0.717) is 33.8 Å². The van der Waals surface area contributed by atoms with Gasteiger partial charge in [0.25, 0.3) is 5.91 Å². The van der Waals surface area contributed by atoms with Crippen LogP contribution in [-0.2, 0) is 16.1 Å². The SMILES string of the molecule is COc1ccc(NC(=O)C[C@H]2C(=O)N(c3ccccc3)C(=S)N2Cc2ccccc2Cl)cc1. The van der Waals surface area contributed by atoms with Crippen molar-refractivity contribution in [2.45, 2.75) is 19.0 Å². The number of hydrogen-bond acceptors (Lipinski definition) is 4. The molecule has 0 bridgehead atoms. The zero-order chi connectivity index (χ0) is 23.4. The van der Waals surface area contributed by atoms with Gasteiger partial charge in [-0.1, -0.05) is 48.0 Å². The lowest BCUT2D eigenvalue weighted by Gasteiger charge is -2.24. The minimum absolute atomic E-state index is 0.0568. The standard InChI is InChI=1S/C25H22ClN3O3S/c1-32-20-13-11-18(12-14-20)27-23(30)15-22-24(31)29(19-8-3-2-4-9-19)25(33)28(22)16-17-7-5-6-10-21(17)26/h2-14,22H,15-16H2,1H3,(H,27,30)/t22-/m0/s1. The van der Waals surface area contributed by atoms with Gasteiger partial charge in [-0.05, 0) is 60.2 Å². The molecule has 1 fully saturated rings. The molecule has 8 heteroatoms. The smallest absolute Gasteiger partial charge is 0.256 e. The summed E-state index contributed by atoms with van der Waals surface area (Å²) < 4.78 is 5.15. The number of halogens is 1. The average Bonchev–Trinajstić information content (AvgIpc) is 3.05. The van der Waals surface area contributed by atoms with E-state index in [1.165, 1.54) is 4.90 Å². The van der Waals surface area contributed by atoms with Gasteiger partial charge in [-0.15, -0.1) is 0 Å². The highest BCUT2D eigenvalue weighted by Gasteiger charge is 2.44. The third-order valence-corrected chi connectivity index (χ3v) is 6.17. The number of hydrogen-bond donors (Lipinski definition) is 1. The maximum absolute atomic E-state index is 13.4. The molecule has 1 saturated heterocycles. The number of carbonyl (C=O) groups excluding carboxylic acids is 2. The van der Waals surface area contributed by atoms with Crippen LogP contribution in [0.4, 0.5) is 11.4 Å². The number of methoxy groups -OCH3 is 1. The molecular weight excluding hydrogens is 458 g/mol. The predicted molar refractivity (Wildman–Crippen MR) is 134 cm³/mol. The summed E-state index contributed by atoms with van der Waals surface area (Å²) in [5, 5.41) is 3.76. The van der Waals surface area contributed by atoms with Gasteiger partial charge in [-0.25, -0.2) is 0 Å². The van der Waals surface area contributed by atoms with Crippen molar-refractivity contribution >= 4 is 52.1 Å². The van der Waals surface area contributed by atoms with Gasteiger partial charge < -0.3 is 15.0 Å². The van der Waals surface area contributed by atoms with Gasteiger partial charge in [0.2, 0.25) is 5.91 Å². The Morgan fingerprint density at radius 2 is 1.70 bits per heavy atom. The first kappa shape index (κ1) is 22.8. The largest absolute Gasteiger partial charge is 0.497 e. The minimum Gasteiger partial charge on any atom is -0.497 e. The van der Waals surface area contributed by atoms with Gasteiger partial charge in [0.1, 0.15) is 11.8 Å². The molecule has 1 N–H and O–H groups in total. The molecule has 0 radical (unpaired) electrons. The quantitative estimate of drug-likeness (QED) is 0.489. The Bertz CT molecular complexity index is 1170. The van der Waals surface area contributed by atoms with E-state index in [1.54, 1.807) is 42.3 Å². The van der Waals surface area contributed by atoms with Crippen molar-refractivity contribution in [1.29, 1.82) is 0 Å². The highest BCUT2D eigenvalue weighted by atomic mass is 35.5. The lowest BCUT2D eigenvalue weighted by molar-refractivity contribution is -0.124. The van der Waals surface area contributed by atoms with Crippen LogP contribution in [0, 0.1) is 0 Å². The van der Waals surface area contributed by atoms with E-state index in [4.69, 9.17) is 28.6 Å². The zero-order valence-corrected chi connectivity index (χ0v) is 19.5. The van der Waals surface area contributed by atoms with Crippen molar-refractivity contribution in [1.82, 2.24) is 4.90 Å². The molecule has 3 aromatic rings. The molecule has 1 heterocycles. The summed E-state index contributed by atoms with van der Waals surface area (Å²) in [6.07, 6.45) is -0.0568. The molecule has 2 amide bonds. The summed E-state index contributed by atoms with van der Waals surface area (Å²) in [5.74, 6) is 0.150. The Hall–Kier alpha value is -3.42. The first-order valence-electron chi connectivity index (χ1n) is 10.3. The second kappa shape index (κ2) is 10.0. The molecule has 33 heavy (non-hydrogen) atoms. The number of ether oxygens (including phenoxy) is 1. The molecule has 0 aliphatic carbocycles. The molecule has 6 nitrogen and oxygen atoms in total. The summed E-state index contributed by atoms with van der Waals surface area (Å²) >= 11 is 12.1. The molecule has 0 unspecified atom stereocenters. The molecule has 0 aromatic heterocycles. The normalized spacial score (nSPS) is 15.6. The van der Waals surface area contributed by atoms with Gasteiger partial charge in [-0.3, -0.25) is 14.5 Å². The molecule has 1 atom stereocenters. The van der Waals surface area contributed by atoms with E-state index in [2.05, 4.69) is 5.32 Å². The Morgan fingerprint density at radius 3 is 2.36 bits per heavy atom. The van der Waals surface area contributed by atoms with Crippen molar-refractivity contribution in [3.05, 3.63) is 89.4 Å². The molecule has 168 valence electrons. The monoisotopic (exact) mass is 479 g/mol. The summed E-state index contributed by atoms with van der Waals surface area (Å²) in [6.45, 7) is 0.314. The van der Waals surface area contributed by atoms with Gasteiger partial charge >= 0.3 is 0 Å². The number of anilines is 2. The van der Waals surface area contributed by atoms with Gasteiger partial charge in [0.15, 0.2) is 5.11 Å². The van der Waals surface area contributed by atoms with Crippen molar-refractivity contribution in [3.8, 4) is 5.75 Å². The van der Waals surface area contributed by atoms with E-state index >= 15 is 0 Å². The molecular formula is C25H22ClN3O3S. The first-order valence-corrected chi connectivity index (χ1v) is 11.1. The Kier molecular flexibility index (Phi) is 6.91. The second-order valence-electron chi connectivity index (χ2n) is 7.51. The third-order valence-electron chi connectivity index (χ3n) is 5.38. The topological polar surface area (TPSA) is 61.9 Å². The highest BCUT2D eigenvalue weighted by molar-refractivity contribution is 7.80. The fraction of sp³-hybridized carbons (Fsp3) is 0.160. The lowest BCUT2D eigenvalue weighted by Crippen LogP contribution is -2.37. The van der Waals surface area contributed by atoms with Crippen LogP contribution in [0.25, 0.3) is 0 Å². The highest BCUT2D eigenvalue weighted by Crippen LogP contribution is 2.30. The number of amides is 2. The van der Waals surface area contributed by atoms with Gasteiger partial charge in [0.05, 0.1) is 19.2 Å². The number of benzene rings is 3. The first-order chi connectivity index (χ1) is 16.0. The molecule has 1 aliphatic rings. The average molecular weight is 480 g/mol. The van der Waals surface area contributed by atoms with E-state index in [1.807, 2.05) is 48.5 Å². The van der Waals surface area contributed by atoms with Crippen LogP contribution in [-0.4, -0.2) is 35.0 Å². The number of nitrogens with one attached hydrogen (secondary N) is 1. The van der Waals surface area contributed by atoms with Crippen LogP contribution in [0.2, 0.25) is 5.02 Å². The van der Waals surface area contributed by atoms with E-state index in [-0.39, 0.29) is 18.2 Å². The maximum Gasteiger partial charge on any atom is 0.256 e. The Balaban J connectivity index is 1.58. The number of thiocarbonyl (C=S) groups is 1. The summed E-state index contributed by atoms with van der Waals surface area (Å²) in [4.78, 5) is 29.6. The molecule has 4 rings (SSSR count). The number of carbonyl (C=O) groups is 2. The fourth-order valence-electron chi connectivity index (χ4n) is 3.70. The van der Waals surface area contributed by atoms with E-state index in [0.717, 1.165) is 5.56 Å². The minimum atomic E-state index is -0.757. The van der Waals surface area contributed by atoms with Crippen LogP contribution in [0.3, 0.4) is 0 Å². The van der Waals surface area contributed by atoms with Crippen molar-refractivity contribution in [2.75, 3.05) is 17.3 Å². The van der Waals surface area contributed by atoms with Crippen LogP contribution in [0.15, 0.2) is 78.9 Å². The van der Waals surface area contributed by atoms with Crippen LogP contribution < -0.4 is 15.0 Å². The zero-order valence-electron chi connectivity index (χ0n) is 17.9.